The average molecular weight is 363 g/mol. The second-order valence-corrected chi connectivity index (χ2v) is 5.71. The number of thiocarbonyl (C=S) groups is 1. The molecule has 2 rings (SSSR count). The van der Waals surface area contributed by atoms with Crippen LogP contribution in [0.1, 0.15) is 17.5 Å². The van der Waals surface area contributed by atoms with Crippen LogP contribution in [0.3, 0.4) is 0 Å². The lowest BCUT2D eigenvalue weighted by Crippen LogP contribution is -2.35. The first kappa shape index (κ1) is 18.7. The molecule has 0 amide bonds. The maximum atomic E-state index is 12.6. The summed E-state index contributed by atoms with van der Waals surface area (Å²) >= 11 is 5.36. The molecular formula is C18H16F3N3S. The van der Waals surface area contributed by atoms with Gasteiger partial charge in [0.2, 0.25) is 0 Å². The second-order valence-electron chi connectivity index (χ2n) is 5.32. The van der Waals surface area contributed by atoms with Gasteiger partial charge in [0, 0.05) is 18.8 Å². The molecule has 0 saturated heterocycles. The van der Waals surface area contributed by atoms with Gasteiger partial charge in [-0.25, -0.2) is 0 Å². The van der Waals surface area contributed by atoms with Crippen LogP contribution in [-0.4, -0.2) is 16.6 Å². The van der Waals surface area contributed by atoms with Crippen LogP contribution in [0.2, 0.25) is 0 Å². The van der Waals surface area contributed by atoms with E-state index in [1.165, 1.54) is 12.1 Å². The highest BCUT2D eigenvalue weighted by molar-refractivity contribution is 7.80. The van der Waals surface area contributed by atoms with Gasteiger partial charge in [-0.2, -0.15) is 18.4 Å². The van der Waals surface area contributed by atoms with Crippen LogP contribution in [0.4, 0.5) is 18.9 Å². The second kappa shape index (κ2) is 8.49. The Hall–Kier alpha value is -2.59. The third kappa shape index (κ3) is 5.76. The zero-order valence-electron chi connectivity index (χ0n) is 13.3. The summed E-state index contributed by atoms with van der Waals surface area (Å²) in [6, 6.07) is 16.4. The number of anilines is 1. The molecule has 0 heterocycles. The molecule has 2 aromatic rings. The van der Waals surface area contributed by atoms with Crippen molar-refractivity contribution in [3.8, 4) is 6.07 Å². The van der Waals surface area contributed by atoms with Crippen molar-refractivity contribution in [2.24, 2.45) is 0 Å². The van der Waals surface area contributed by atoms with Gasteiger partial charge in [0.05, 0.1) is 18.1 Å². The molecule has 2 aromatic carbocycles. The highest BCUT2D eigenvalue weighted by atomic mass is 32.1. The fourth-order valence-electron chi connectivity index (χ4n) is 2.19. The third-order valence-electron chi connectivity index (χ3n) is 3.46. The molecule has 0 bridgehead atoms. The molecule has 1 N–H and O–H groups in total. The molecule has 0 unspecified atom stereocenters. The molecule has 0 radical (unpaired) electrons. The number of hydrogen-bond donors (Lipinski definition) is 1. The van der Waals surface area contributed by atoms with Crippen LogP contribution >= 0.6 is 12.2 Å². The van der Waals surface area contributed by atoms with Gasteiger partial charge in [0.15, 0.2) is 5.11 Å². The van der Waals surface area contributed by atoms with E-state index in [4.69, 9.17) is 17.5 Å². The molecule has 3 nitrogen and oxygen atoms in total. The molecule has 0 aliphatic carbocycles. The molecule has 0 aliphatic heterocycles. The van der Waals surface area contributed by atoms with Crippen molar-refractivity contribution >= 4 is 23.0 Å². The largest absolute Gasteiger partial charge is 0.416 e. The summed E-state index contributed by atoms with van der Waals surface area (Å²) in [4.78, 5) is 1.81. The van der Waals surface area contributed by atoms with E-state index in [1.807, 2.05) is 35.2 Å². The van der Waals surface area contributed by atoms with E-state index in [1.54, 1.807) is 0 Å². The number of benzene rings is 2. The Morgan fingerprint density at radius 3 is 2.28 bits per heavy atom. The summed E-state index contributed by atoms with van der Waals surface area (Å²) < 4.78 is 37.8. The lowest BCUT2D eigenvalue weighted by Gasteiger charge is -2.25. The number of nitriles is 1. The Bertz CT molecular complexity index is 737. The average Bonchev–Trinajstić information content (AvgIpc) is 2.59. The topological polar surface area (TPSA) is 39.1 Å². The fraction of sp³-hybridized carbons (Fsp3) is 0.222. The van der Waals surface area contributed by atoms with Crippen molar-refractivity contribution in [2.45, 2.75) is 19.1 Å². The van der Waals surface area contributed by atoms with Crippen LogP contribution in [0.15, 0.2) is 54.6 Å². The van der Waals surface area contributed by atoms with Gasteiger partial charge in [-0.15, -0.1) is 0 Å². The Kier molecular flexibility index (Phi) is 6.37. The summed E-state index contributed by atoms with van der Waals surface area (Å²) in [5, 5.41) is 12.1. The maximum absolute atomic E-state index is 12.6. The van der Waals surface area contributed by atoms with E-state index >= 15 is 0 Å². The highest BCUT2D eigenvalue weighted by Crippen LogP contribution is 2.29. The summed E-state index contributed by atoms with van der Waals surface area (Å²) in [5.41, 5.74) is 0.777. The van der Waals surface area contributed by atoms with Crippen molar-refractivity contribution in [1.82, 2.24) is 4.90 Å². The quantitative estimate of drug-likeness (QED) is 0.773. The highest BCUT2D eigenvalue weighted by Gasteiger charge is 2.30. The minimum atomic E-state index is -4.37. The normalized spacial score (nSPS) is 10.8. The van der Waals surface area contributed by atoms with E-state index in [-0.39, 0.29) is 0 Å². The van der Waals surface area contributed by atoms with Gasteiger partial charge in [-0.3, -0.25) is 0 Å². The number of alkyl halides is 3. The molecule has 7 heteroatoms. The number of rotatable bonds is 5. The van der Waals surface area contributed by atoms with Crippen molar-refractivity contribution in [2.75, 3.05) is 11.9 Å². The van der Waals surface area contributed by atoms with Crippen molar-refractivity contribution in [3.05, 3.63) is 65.7 Å². The van der Waals surface area contributed by atoms with E-state index in [0.29, 0.717) is 30.3 Å². The Labute approximate surface area is 149 Å². The van der Waals surface area contributed by atoms with Crippen molar-refractivity contribution < 1.29 is 13.2 Å². The summed E-state index contributed by atoms with van der Waals surface area (Å²) in [7, 11) is 0. The summed E-state index contributed by atoms with van der Waals surface area (Å²) in [6.45, 7) is 0.937. The van der Waals surface area contributed by atoms with Gasteiger partial charge in [0.25, 0.3) is 0 Å². The van der Waals surface area contributed by atoms with Gasteiger partial charge in [-0.1, -0.05) is 30.3 Å². The zero-order valence-corrected chi connectivity index (χ0v) is 14.1. The lowest BCUT2D eigenvalue weighted by atomic mass is 10.2. The van der Waals surface area contributed by atoms with Crippen molar-refractivity contribution in [3.63, 3.8) is 0 Å². The number of halogens is 3. The first-order chi connectivity index (χ1) is 11.9. The molecule has 0 aromatic heterocycles. The monoisotopic (exact) mass is 363 g/mol. The third-order valence-corrected chi connectivity index (χ3v) is 3.82. The van der Waals surface area contributed by atoms with Crippen LogP contribution < -0.4 is 5.32 Å². The number of hydrogen-bond acceptors (Lipinski definition) is 2. The maximum Gasteiger partial charge on any atom is 0.416 e. The zero-order chi connectivity index (χ0) is 18.3. The standard InChI is InChI=1S/C18H16F3N3S/c19-18(20,21)15-7-9-16(10-8-15)23-17(25)24(12-4-11-22)13-14-5-2-1-3-6-14/h1-3,5-10H,4,12-13H2,(H,23,25). The molecule has 0 aliphatic rings. The number of nitrogens with zero attached hydrogens (tertiary/aromatic N) is 2. The summed E-state index contributed by atoms with van der Waals surface area (Å²) in [5.74, 6) is 0. The predicted octanol–water partition coefficient (Wildman–Crippen LogP) is 4.82. The lowest BCUT2D eigenvalue weighted by molar-refractivity contribution is -0.137. The van der Waals surface area contributed by atoms with Gasteiger partial charge < -0.3 is 10.2 Å². The Balaban J connectivity index is 2.07. The van der Waals surface area contributed by atoms with E-state index in [2.05, 4.69) is 11.4 Å². The first-order valence-corrected chi connectivity index (χ1v) is 7.95. The molecule has 130 valence electrons. The van der Waals surface area contributed by atoms with Gasteiger partial charge in [0.1, 0.15) is 0 Å². The first-order valence-electron chi connectivity index (χ1n) is 7.54. The van der Waals surface area contributed by atoms with E-state index < -0.39 is 11.7 Å². The van der Waals surface area contributed by atoms with Gasteiger partial charge in [-0.05, 0) is 42.0 Å². The van der Waals surface area contributed by atoms with E-state index in [9.17, 15) is 13.2 Å². The Morgan fingerprint density at radius 1 is 1.08 bits per heavy atom. The predicted molar refractivity (Wildman–Crippen MR) is 94.7 cm³/mol. The van der Waals surface area contributed by atoms with Crippen LogP contribution in [0.25, 0.3) is 0 Å². The Morgan fingerprint density at radius 2 is 1.72 bits per heavy atom. The smallest absolute Gasteiger partial charge is 0.344 e. The van der Waals surface area contributed by atoms with Crippen LogP contribution in [-0.2, 0) is 12.7 Å². The van der Waals surface area contributed by atoms with Crippen LogP contribution in [0.5, 0.6) is 0 Å². The van der Waals surface area contributed by atoms with Gasteiger partial charge >= 0.3 is 6.18 Å². The number of nitrogens with one attached hydrogen (secondary N) is 1. The molecule has 0 fully saturated rings. The molecular weight excluding hydrogens is 347 g/mol. The van der Waals surface area contributed by atoms with E-state index in [0.717, 1.165) is 17.7 Å². The van der Waals surface area contributed by atoms with Crippen LogP contribution in [0, 0.1) is 11.3 Å². The SMILES string of the molecule is N#CCCN(Cc1ccccc1)C(=S)Nc1ccc(C(F)(F)F)cc1. The van der Waals surface area contributed by atoms with Crippen molar-refractivity contribution in [1.29, 1.82) is 5.26 Å². The summed E-state index contributed by atoms with van der Waals surface area (Å²) in [6.07, 6.45) is -4.08. The molecule has 0 atom stereocenters. The molecule has 0 saturated carbocycles. The fourth-order valence-corrected chi connectivity index (χ4v) is 2.46. The minimum absolute atomic E-state index is 0.293. The minimum Gasteiger partial charge on any atom is -0.344 e. The molecule has 25 heavy (non-hydrogen) atoms. The molecule has 0 spiro atoms.